The zero-order chi connectivity index (χ0) is 31.2. The van der Waals surface area contributed by atoms with Crippen molar-refractivity contribution in [3.8, 4) is 0 Å². The molecule has 1 atom stereocenters. The molecule has 0 fully saturated rings. The van der Waals surface area contributed by atoms with Gasteiger partial charge < -0.3 is 10.2 Å². The van der Waals surface area contributed by atoms with Crippen LogP contribution in [-0.4, -0.2) is 44.3 Å². The SMILES string of the molecule is CC(C)CNC(=O)[C@@H](C)N(Cc1ccc(Br)cc1)C(=O)CN(c1cc(C(F)(F)F)ccc1Cl)S(=O)(=O)c1ccccc1. The number of benzene rings is 3. The minimum atomic E-state index is -4.80. The first-order chi connectivity index (χ1) is 19.6. The zero-order valence-corrected chi connectivity index (χ0v) is 26.2. The van der Waals surface area contributed by atoms with Crippen LogP contribution >= 0.6 is 27.5 Å². The topological polar surface area (TPSA) is 86.8 Å². The number of carbonyl (C=O) groups excluding carboxylic acids is 2. The Kier molecular flexibility index (Phi) is 11.1. The normalized spacial score (nSPS) is 12.6. The van der Waals surface area contributed by atoms with Gasteiger partial charge in [0.2, 0.25) is 11.8 Å². The van der Waals surface area contributed by atoms with E-state index in [1.54, 1.807) is 30.3 Å². The number of carbonyl (C=O) groups is 2. The van der Waals surface area contributed by atoms with E-state index in [4.69, 9.17) is 11.6 Å². The molecule has 42 heavy (non-hydrogen) atoms. The molecular formula is C29H30BrClF3N3O4S. The van der Waals surface area contributed by atoms with Crippen molar-refractivity contribution in [3.63, 3.8) is 0 Å². The fourth-order valence-electron chi connectivity index (χ4n) is 3.93. The highest BCUT2D eigenvalue weighted by Gasteiger charge is 2.36. The zero-order valence-electron chi connectivity index (χ0n) is 23.0. The number of halogens is 5. The number of anilines is 1. The van der Waals surface area contributed by atoms with Crippen molar-refractivity contribution in [2.45, 2.75) is 44.4 Å². The summed E-state index contributed by atoms with van der Waals surface area (Å²) in [6.45, 7) is 4.66. The van der Waals surface area contributed by atoms with Gasteiger partial charge in [0.25, 0.3) is 10.0 Å². The maximum absolute atomic E-state index is 13.9. The number of hydrogen-bond donors (Lipinski definition) is 1. The van der Waals surface area contributed by atoms with E-state index < -0.39 is 51.9 Å². The fourth-order valence-corrected chi connectivity index (χ4v) is 5.91. The van der Waals surface area contributed by atoms with E-state index in [1.165, 1.54) is 36.1 Å². The lowest BCUT2D eigenvalue weighted by molar-refractivity contribution is -0.139. The first-order valence-electron chi connectivity index (χ1n) is 12.9. The van der Waals surface area contributed by atoms with Crippen molar-refractivity contribution < 1.29 is 31.2 Å². The highest BCUT2D eigenvalue weighted by molar-refractivity contribution is 9.10. The van der Waals surface area contributed by atoms with Crippen LogP contribution < -0.4 is 9.62 Å². The molecule has 3 aromatic carbocycles. The van der Waals surface area contributed by atoms with Crippen molar-refractivity contribution in [1.29, 1.82) is 0 Å². The van der Waals surface area contributed by atoms with Gasteiger partial charge in [-0.25, -0.2) is 8.42 Å². The standard InChI is InChI=1S/C29H30BrClF3N3O4S/c1-19(2)16-35-28(39)20(3)36(17-21-9-12-23(30)13-10-21)27(38)18-37(42(40,41)24-7-5-4-6-8-24)26-15-22(29(32,33)34)11-14-25(26)31/h4-15,19-20H,16-18H2,1-3H3,(H,35,39)/t20-/m1/s1. The molecule has 0 aromatic heterocycles. The van der Waals surface area contributed by atoms with Crippen molar-refractivity contribution in [1.82, 2.24) is 10.2 Å². The minimum absolute atomic E-state index is 0.0715. The largest absolute Gasteiger partial charge is 0.416 e. The molecule has 3 aromatic rings. The summed E-state index contributed by atoms with van der Waals surface area (Å²) < 4.78 is 69.9. The molecule has 0 bridgehead atoms. The molecule has 0 radical (unpaired) electrons. The van der Waals surface area contributed by atoms with Gasteiger partial charge in [-0.15, -0.1) is 0 Å². The Morgan fingerprint density at radius 1 is 0.976 bits per heavy atom. The summed E-state index contributed by atoms with van der Waals surface area (Å²) in [5.41, 5.74) is -1.02. The molecule has 226 valence electrons. The Morgan fingerprint density at radius 2 is 1.60 bits per heavy atom. The van der Waals surface area contributed by atoms with Crippen LogP contribution in [-0.2, 0) is 32.3 Å². The average molecular weight is 689 g/mol. The second-order valence-corrected chi connectivity index (χ2v) is 13.1. The lowest BCUT2D eigenvalue weighted by Crippen LogP contribution is -2.51. The van der Waals surface area contributed by atoms with Crippen LogP contribution in [0.15, 0.2) is 82.2 Å². The van der Waals surface area contributed by atoms with Crippen LogP contribution in [0.2, 0.25) is 5.02 Å². The lowest BCUT2D eigenvalue weighted by atomic mass is 10.1. The number of rotatable bonds is 11. The second kappa shape index (κ2) is 13.9. The van der Waals surface area contributed by atoms with Crippen LogP contribution in [0.25, 0.3) is 0 Å². The van der Waals surface area contributed by atoms with Crippen LogP contribution in [0.4, 0.5) is 18.9 Å². The highest BCUT2D eigenvalue weighted by atomic mass is 79.9. The average Bonchev–Trinajstić information content (AvgIpc) is 2.94. The first kappa shape index (κ1) is 33.4. The predicted octanol–water partition coefficient (Wildman–Crippen LogP) is 6.51. The Balaban J connectivity index is 2.10. The maximum Gasteiger partial charge on any atom is 0.416 e. The molecule has 7 nitrogen and oxygen atoms in total. The Bertz CT molecular complexity index is 1500. The third-order valence-corrected chi connectivity index (χ3v) is 8.89. The van der Waals surface area contributed by atoms with Gasteiger partial charge in [-0.1, -0.05) is 71.7 Å². The van der Waals surface area contributed by atoms with Gasteiger partial charge in [0.15, 0.2) is 0 Å². The molecule has 0 aliphatic rings. The lowest BCUT2D eigenvalue weighted by Gasteiger charge is -2.32. The van der Waals surface area contributed by atoms with E-state index in [9.17, 15) is 31.2 Å². The van der Waals surface area contributed by atoms with Crippen LogP contribution in [0.5, 0.6) is 0 Å². The molecule has 0 saturated carbocycles. The van der Waals surface area contributed by atoms with E-state index >= 15 is 0 Å². The van der Waals surface area contributed by atoms with Crippen molar-refractivity contribution in [2.24, 2.45) is 5.92 Å². The molecule has 0 aliphatic carbocycles. The van der Waals surface area contributed by atoms with E-state index in [1.807, 2.05) is 13.8 Å². The number of amides is 2. The Morgan fingerprint density at radius 3 is 2.17 bits per heavy atom. The summed E-state index contributed by atoms with van der Waals surface area (Å²) in [4.78, 5) is 27.9. The van der Waals surface area contributed by atoms with Crippen LogP contribution in [0.1, 0.15) is 31.9 Å². The van der Waals surface area contributed by atoms with E-state index in [0.29, 0.717) is 22.5 Å². The molecule has 2 amide bonds. The van der Waals surface area contributed by atoms with Crippen LogP contribution in [0.3, 0.4) is 0 Å². The number of nitrogens with one attached hydrogen (secondary N) is 1. The van der Waals surface area contributed by atoms with Gasteiger partial charge in [-0.2, -0.15) is 13.2 Å². The first-order valence-corrected chi connectivity index (χ1v) is 15.5. The minimum Gasteiger partial charge on any atom is -0.354 e. The smallest absolute Gasteiger partial charge is 0.354 e. The number of hydrogen-bond acceptors (Lipinski definition) is 4. The maximum atomic E-state index is 13.9. The van der Waals surface area contributed by atoms with Gasteiger partial charge in [-0.05, 0) is 60.9 Å². The van der Waals surface area contributed by atoms with Crippen molar-refractivity contribution >= 4 is 55.1 Å². The second-order valence-electron chi connectivity index (χ2n) is 9.95. The van der Waals surface area contributed by atoms with Gasteiger partial charge in [0.1, 0.15) is 12.6 Å². The molecule has 0 heterocycles. The third kappa shape index (κ3) is 8.48. The number of nitrogens with zero attached hydrogens (tertiary/aromatic N) is 2. The van der Waals surface area contributed by atoms with E-state index in [-0.39, 0.29) is 22.4 Å². The van der Waals surface area contributed by atoms with Crippen molar-refractivity contribution in [2.75, 3.05) is 17.4 Å². The Labute approximate surface area is 256 Å². The molecule has 0 spiro atoms. The summed E-state index contributed by atoms with van der Waals surface area (Å²) in [7, 11) is -4.59. The molecular weight excluding hydrogens is 659 g/mol. The number of sulfonamides is 1. The van der Waals surface area contributed by atoms with Gasteiger partial charge in [0.05, 0.1) is 21.2 Å². The molecule has 0 unspecified atom stereocenters. The summed E-state index contributed by atoms with van der Waals surface area (Å²) in [6.07, 6.45) is -4.80. The highest BCUT2D eigenvalue weighted by Crippen LogP contribution is 2.37. The quantitative estimate of drug-likeness (QED) is 0.249. The van der Waals surface area contributed by atoms with Gasteiger partial charge in [0, 0.05) is 17.6 Å². The van der Waals surface area contributed by atoms with Crippen molar-refractivity contribution in [3.05, 3.63) is 93.4 Å². The summed E-state index contributed by atoms with van der Waals surface area (Å²) in [5.74, 6) is -1.16. The number of alkyl halides is 3. The third-order valence-electron chi connectivity index (χ3n) is 6.27. The summed E-state index contributed by atoms with van der Waals surface area (Å²) in [5, 5.41) is 2.46. The van der Waals surface area contributed by atoms with Crippen LogP contribution in [0, 0.1) is 5.92 Å². The van der Waals surface area contributed by atoms with E-state index in [2.05, 4.69) is 21.2 Å². The van der Waals surface area contributed by atoms with Gasteiger partial charge in [-0.3, -0.25) is 13.9 Å². The molecule has 0 saturated heterocycles. The molecule has 1 N–H and O–H groups in total. The molecule has 13 heteroatoms. The molecule has 0 aliphatic heterocycles. The monoisotopic (exact) mass is 687 g/mol. The molecule has 3 rings (SSSR count). The van der Waals surface area contributed by atoms with E-state index in [0.717, 1.165) is 16.6 Å². The predicted molar refractivity (Wildman–Crippen MR) is 159 cm³/mol. The fraction of sp³-hybridized carbons (Fsp3) is 0.310. The summed E-state index contributed by atoms with van der Waals surface area (Å²) in [6, 6.07) is 15.1. The van der Waals surface area contributed by atoms with Gasteiger partial charge >= 0.3 is 6.18 Å². The Hall–Kier alpha value is -3.09. The summed E-state index contributed by atoms with van der Waals surface area (Å²) >= 11 is 9.60.